The van der Waals surface area contributed by atoms with Gasteiger partial charge in [0.15, 0.2) is 11.5 Å². The second-order valence-corrected chi connectivity index (χ2v) is 2.88. The molecule has 0 saturated carbocycles. The molecule has 0 bridgehead atoms. The van der Waals surface area contributed by atoms with Gasteiger partial charge in [-0.2, -0.15) is 0 Å². The first-order valence-corrected chi connectivity index (χ1v) is 4.55. The quantitative estimate of drug-likeness (QED) is 0.739. The van der Waals surface area contributed by atoms with E-state index in [-0.39, 0.29) is 0 Å². The van der Waals surface area contributed by atoms with Crippen LogP contribution in [0.1, 0.15) is 12.5 Å². The number of methoxy groups -OCH3 is 3. The number of benzene rings is 1. The van der Waals surface area contributed by atoms with Gasteiger partial charge in [-0.1, -0.05) is 6.92 Å². The van der Waals surface area contributed by atoms with Crippen LogP contribution >= 0.6 is 0 Å². The second kappa shape index (κ2) is 4.74. The summed E-state index contributed by atoms with van der Waals surface area (Å²) in [7, 11) is 4.90. The van der Waals surface area contributed by atoms with Gasteiger partial charge in [0.1, 0.15) is 5.75 Å². The van der Waals surface area contributed by atoms with Crippen molar-refractivity contribution in [2.75, 3.05) is 21.3 Å². The van der Waals surface area contributed by atoms with E-state index in [4.69, 9.17) is 14.2 Å². The van der Waals surface area contributed by atoms with Crippen LogP contribution in [0.15, 0.2) is 12.1 Å². The van der Waals surface area contributed by atoms with Gasteiger partial charge in [0, 0.05) is 11.6 Å². The van der Waals surface area contributed by atoms with Crippen molar-refractivity contribution in [3.63, 3.8) is 0 Å². The van der Waals surface area contributed by atoms with Gasteiger partial charge in [-0.05, 0) is 12.5 Å². The Balaban J connectivity index is 3.24. The Kier molecular flexibility index (Phi) is 3.63. The molecule has 0 atom stereocenters. The van der Waals surface area contributed by atoms with Gasteiger partial charge in [0.05, 0.1) is 21.3 Å². The van der Waals surface area contributed by atoms with Gasteiger partial charge in [-0.3, -0.25) is 0 Å². The third-order valence-corrected chi connectivity index (χ3v) is 2.15. The number of rotatable bonds is 4. The molecule has 0 saturated heterocycles. The molecule has 0 aliphatic carbocycles. The summed E-state index contributed by atoms with van der Waals surface area (Å²) in [6.07, 6.45) is 0.886. The maximum atomic E-state index is 5.28. The van der Waals surface area contributed by atoms with Crippen LogP contribution in [-0.4, -0.2) is 21.3 Å². The molecule has 0 fully saturated rings. The summed E-state index contributed by atoms with van der Waals surface area (Å²) in [5.74, 6) is 2.29. The molecule has 78 valence electrons. The van der Waals surface area contributed by atoms with Crippen molar-refractivity contribution in [2.24, 2.45) is 0 Å². The fourth-order valence-electron chi connectivity index (χ4n) is 1.40. The molecular formula is C11H16O3. The summed E-state index contributed by atoms with van der Waals surface area (Å²) in [4.78, 5) is 0. The van der Waals surface area contributed by atoms with Crippen molar-refractivity contribution in [1.29, 1.82) is 0 Å². The van der Waals surface area contributed by atoms with Gasteiger partial charge in [-0.15, -0.1) is 0 Å². The normalized spacial score (nSPS) is 9.71. The lowest BCUT2D eigenvalue weighted by molar-refractivity contribution is 0.346. The minimum Gasteiger partial charge on any atom is -0.497 e. The number of hydrogen-bond acceptors (Lipinski definition) is 3. The van der Waals surface area contributed by atoms with E-state index in [2.05, 4.69) is 6.92 Å². The first-order chi connectivity index (χ1) is 6.76. The second-order valence-electron chi connectivity index (χ2n) is 2.88. The van der Waals surface area contributed by atoms with Crippen molar-refractivity contribution in [2.45, 2.75) is 13.3 Å². The monoisotopic (exact) mass is 196 g/mol. The molecule has 0 amide bonds. The highest BCUT2D eigenvalue weighted by atomic mass is 16.5. The lowest BCUT2D eigenvalue weighted by atomic mass is 10.1. The lowest BCUT2D eigenvalue weighted by Gasteiger charge is -2.13. The average molecular weight is 196 g/mol. The molecule has 14 heavy (non-hydrogen) atoms. The average Bonchev–Trinajstić information content (AvgIpc) is 2.26. The van der Waals surface area contributed by atoms with Crippen LogP contribution in [0.3, 0.4) is 0 Å². The van der Waals surface area contributed by atoms with E-state index in [9.17, 15) is 0 Å². The molecule has 1 aromatic rings. The first kappa shape index (κ1) is 10.7. The van der Waals surface area contributed by atoms with Gasteiger partial charge >= 0.3 is 0 Å². The molecule has 0 heterocycles. The summed E-state index contributed by atoms with van der Waals surface area (Å²) in [6.45, 7) is 2.07. The summed E-state index contributed by atoms with van der Waals surface area (Å²) < 4.78 is 15.7. The van der Waals surface area contributed by atoms with Crippen LogP contribution in [0.4, 0.5) is 0 Å². The molecule has 0 aliphatic heterocycles. The smallest absolute Gasteiger partial charge is 0.164 e. The molecule has 1 aromatic carbocycles. The van der Waals surface area contributed by atoms with Crippen molar-refractivity contribution in [3.8, 4) is 17.2 Å². The summed E-state index contributed by atoms with van der Waals surface area (Å²) in [6, 6.07) is 3.78. The number of aryl methyl sites for hydroxylation is 1. The maximum Gasteiger partial charge on any atom is 0.164 e. The molecule has 0 aliphatic rings. The largest absolute Gasteiger partial charge is 0.497 e. The highest BCUT2D eigenvalue weighted by Gasteiger charge is 2.10. The van der Waals surface area contributed by atoms with Crippen LogP contribution in [0.25, 0.3) is 0 Å². The zero-order valence-corrected chi connectivity index (χ0v) is 9.09. The third-order valence-electron chi connectivity index (χ3n) is 2.15. The Morgan fingerprint density at radius 1 is 1.00 bits per heavy atom. The Morgan fingerprint density at radius 3 is 2.14 bits per heavy atom. The summed E-state index contributed by atoms with van der Waals surface area (Å²) in [5, 5.41) is 0. The van der Waals surface area contributed by atoms with Crippen molar-refractivity contribution >= 4 is 0 Å². The Hall–Kier alpha value is -1.38. The Labute approximate surface area is 84.6 Å². The third kappa shape index (κ3) is 1.92. The standard InChI is InChI=1S/C11H16O3/c1-5-8-6-9(12-2)7-10(13-3)11(8)14-4/h6-7H,5H2,1-4H3. The molecule has 1 rings (SSSR count). The minimum absolute atomic E-state index is 0.712. The van der Waals surface area contributed by atoms with Crippen molar-refractivity contribution in [3.05, 3.63) is 17.7 Å². The van der Waals surface area contributed by atoms with Crippen LogP contribution in [0, 0.1) is 0 Å². The van der Waals surface area contributed by atoms with Crippen molar-refractivity contribution < 1.29 is 14.2 Å². The zero-order chi connectivity index (χ0) is 10.6. The van der Waals surface area contributed by atoms with E-state index in [1.54, 1.807) is 21.3 Å². The highest BCUT2D eigenvalue weighted by molar-refractivity contribution is 5.51. The first-order valence-electron chi connectivity index (χ1n) is 4.55. The molecule has 0 aromatic heterocycles. The minimum atomic E-state index is 0.712. The van der Waals surface area contributed by atoms with Crippen molar-refractivity contribution in [1.82, 2.24) is 0 Å². The van der Waals surface area contributed by atoms with Crippen LogP contribution in [0.2, 0.25) is 0 Å². The molecule has 0 radical (unpaired) electrons. The fraction of sp³-hybridized carbons (Fsp3) is 0.455. The molecule has 3 nitrogen and oxygen atoms in total. The molecular weight excluding hydrogens is 180 g/mol. The van der Waals surface area contributed by atoms with Gasteiger partial charge < -0.3 is 14.2 Å². The number of ether oxygens (including phenoxy) is 3. The van der Waals surface area contributed by atoms with E-state index in [1.165, 1.54) is 0 Å². The van der Waals surface area contributed by atoms with Crippen LogP contribution < -0.4 is 14.2 Å². The van der Waals surface area contributed by atoms with E-state index in [0.29, 0.717) is 5.75 Å². The predicted octanol–water partition coefficient (Wildman–Crippen LogP) is 2.27. The predicted molar refractivity (Wildman–Crippen MR) is 55.5 cm³/mol. The number of hydrogen-bond donors (Lipinski definition) is 0. The Morgan fingerprint density at radius 2 is 1.71 bits per heavy atom. The van der Waals surface area contributed by atoms with Gasteiger partial charge in [0.25, 0.3) is 0 Å². The highest BCUT2D eigenvalue weighted by Crippen LogP contribution is 2.35. The van der Waals surface area contributed by atoms with Gasteiger partial charge in [-0.25, -0.2) is 0 Å². The maximum absolute atomic E-state index is 5.28. The summed E-state index contributed by atoms with van der Waals surface area (Å²) in [5.41, 5.74) is 1.09. The molecule has 0 unspecified atom stereocenters. The summed E-state index contributed by atoms with van der Waals surface area (Å²) >= 11 is 0. The van der Waals surface area contributed by atoms with Crippen LogP contribution in [-0.2, 0) is 6.42 Å². The van der Waals surface area contributed by atoms with Gasteiger partial charge in [0.2, 0.25) is 0 Å². The van der Waals surface area contributed by atoms with E-state index in [0.717, 1.165) is 23.5 Å². The van der Waals surface area contributed by atoms with E-state index in [1.807, 2.05) is 12.1 Å². The van der Waals surface area contributed by atoms with E-state index < -0.39 is 0 Å². The lowest BCUT2D eigenvalue weighted by Crippen LogP contribution is -1.96. The Bertz CT molecular complexity index is 282. The van der Waals surface area contributed by atoms with E-state index >= 15 is 0 Å². The van der Waals surface area contributed by atoms with Crippen LogP contribution in [0.5, 0.6) is 17.2 Å². The SMILES string of the molecule is CCc1cc(OC)cc(OC)c1OC. The fourth-order valence-corrected chi connectivity index (χ4v) is 1.40. The molecule has 3 heteroatoms. The zero-order valence-electron chi connectivity index (χ0n) is 9.09. The topological polar surface area (TPSA) is 27.7 Å². The molecule has 0 spiro atoms. The molecule has 0 N–H and O–H groups in total.